The Hall–Kier alpha value is -2.08. The summed E-state index contributed by atoms with van der Waals surface area (Å²) in [7, 11) is 0. The van der Waals surface area contributed by atoms with Gasteiger partial charge >= 0.3 is 6.09 Å². The molecular weight excluding hydrogens is 318 g/mol. The molecule has 0 unspecified atom stereocenters. The second kappa shape index (κ2) is 7.04. The summed E-state index contributed by atoms with van der Waals surface area (Å²) < 4.78 is 5.24. The first-order valence-corrected chi connectivity index (χ1v) is 8.91. The minimum atomic E-state index is -0.567. The van der Waals surface area contributed by atoms with Gasteiger partial charge in [-0.2, -0.15) is 0 Å². The van der Waals surface area contributed by atoms with E-state index in [1.807, 2.05) is 0 Å². The molecule has 0 saturated carbocycles. The summed E-state index contributed by atoms with van der Waals surface area (Å²) in [5, 5.41) is 6.06. The minimum Gasteiger partial charge on any atom is -0.444 e. The van der Waals surface area contributed by atoms with Crippen LogP contribution in [0.25, 0.3) is 0 Å². The van der Waals surface area contributed by atoms with Gasteiger partial charge in [-0.25, -0.2) is 4.79 Å². The van der Waals surface area contributed by atoms with Crippen LogP contribution in [-0.2, 0) is 29.0 Å². The smallest absolute Gasteiger partial charge is 0.408 e. The molecule has 1 aromatic rings. The summed E-state index contributed by atoms with van der Waals surface area (Å²) in [4.78, 5) is 26.2. The van der Waals surface area contributed by atoms with E-state index in [0.29, 0.717) is 19.5 Å². The standard InChI is InChI=1S/C19H27N3O3/c1-19(2,3)25-18(24)21-16-7-9-22(17(16)23)12-13-4-5-14-6-8-20-11-15(14)10-13/h4-5,10,16,20H,6-9,11-12H2,1-3H3,(H,21,24)/t16-/m0/s1. The van der Waals surface area contributed by atoms with E-state index in [-0.39, 0.29) is 5.91 Å². The molecule has 0 spiro atoms. The van der Waals surface area contributed by atoms with Crippen molar-refractivity contribution in [2.75, 3.05) is 13.1 Å². The molecule has 2 amide bonds. The van der Waals surface area contributed by atoms with Crippen LogP contribution >= 0.6 is 0 Å². The van der Waals surface area contributed by atoms with E-state index < -0.39 is 17.7 Å². The van der Waals surface area contributed by atoms with Gasteiger partial charge in [-0.1, -0.05) is 18.2 Å². The molecule has 0 radical (unpaired) electrons. The zero-order valence-corrected chi connectivity index (χ0v) is 15.2. The number of hydrogen-bond acceptors (Lipinski definition) is 4. The van der Waals surface area contributed by atoms with Crippen LogP contribution in [0, 0.1) is 0 Å². The van der Waals surface area contributed by atoms with Gasteiger partial charge in [0.2, 0.25) is 5.91 Å². The number of carbonyl (C=O) groups is 2. The Balaban J connectivity index is 1.58. The third-order valence-electron chi connectivity index (χ3n) is 4.52. The van der Waals surface area contributed by atoms with E-state index in [1.165, 1.54) is 11.1 Å². The number of nitrogens with one attached hydrogen (secondary N) is 2. The van der Waals surface area contributed by atoms with E-state index >= 15 is 0 Å². The predicted octanol–water partition coefficient (Wildman–Crippen LogP) is 1.96. The Morgan fingerprint density at radius 1 is 1.36 bits per heavy atom. The van der Waals surface area contributed by atoms with Crippen molar-refractivity contribution < 1.29 is 14.3 Å². The number of likely N-dealkylation sites (tertiary alicyclic amines) is 1. The number of benzene rings is 1. The molecule has 0 bridgehead atoms. The highest BCUT2D eigenvalue weighted by atomic mass is 16.6. The molecule has 6 heteroatoms. The van der Waals surface area contributed by atoms with Crippen molar-refractivity contribution in [3.8, 4) is 0 Å². The van der Waals surface area contributed by atoms with Gasteiger partial charge in [0.15, 0.2) is 0 Å². The van der Waals surface area contributed by atoms with Crippen LogP contribution in [-0.4, -0.2) is 41.6 Å². The van der Waals surface area contributed by atoms with Crippen LogP contribution in [0.15, 0.2) is 18.2 Å². The summed E-state index contributed by atoms with van der Waals surface area (Å²) in [6, 6.07) is 5.96. The number of fused-ring (bicyclic) bond motifs is 1. The molecular formula is C19H27N3O3. The van der Waals surface area contributed by atoms with Crippen molar-refractivity contribution in [1.29, 1.82) is 0 Å². The number of ether oxygens (including phenoxy) is 1. The van der Waals surface area contributed by atoms with Gasteiger partial charge in [-0.15, -0.1) is 0 Å². The molecule has 1 fully saturated rings. The molecule has 0 aromatic heterocycles. The van der Waals surface area contributed by atoms with Gasteiger partial charge in [-0.3, -0.25) is 4.79 Å². The lowest BCUT2D eigenvalue weighted by Crippen LogP contribution is -2.43. The Kier molecular flexibility index (Phi) is 4.99. The third-order valence-corrected chi connectivity index (χ3v) is 4.52. The van der Waals surface area contributed by atoms with Gasteiger partial charge in [0, 0.05) is 19.6 Å². The zero-order valence-electron chi connectivity index (χ0n) is 15.2. The van der Waals surface area contributed by atoms with Crippen molar-refractivity contribution in [1.82, 2.24) is 15.5 Å². The van der Waals surface area contributed by atoms with E-state index in [1.54, 1.807) is 25.7 Å². The van der Waals surface area contributed by atoms with Crippen molar-refractivity contribution in [3.05, 3.63) is 34.9 Å². The molecule has 1 atom stereocenters. The van der Waals surface area contributed by atoms with E-state index in [4.69, 9.17) is 4.74 Å². The Morgan fingerprint density at radius 2 is 2.16 bits per heavy atom. The SMILES string of the molecule is CC(C)(C)OC(=O)N[C@H]1CCN(Cc2ccc3c(c2)CNCC3)C1=O. The van der Waals surface area contributed by atoms with Gasteiger partial charge in [0.05, 0.1) is 0 Å². The van der Waals surface area contributed by atoms with Crippen molar-refractivity contribution in [2.24, 2.45) is 0 Å². The van der Waals surface area contributed by atoms with Crippen molar-refractivity contribution in [2.45, 2.75) is 58.3 Å². The van der Waals surface area contributed by atoms with Gasteiger partial charge < -0.3 is 20.3 Å². The number of nitrogens with zero attached hydrogens (tertiary/aromatic N) is 1. The Bertz CT molecular complexity index is 666. The zero-order chi connectivity index (χ0) is 18.0. The maximum atomic E-state index is 12.5. The van der Waals surface area contributed by atoms with E-state index in [9.17, 15) is 9.59 Å². The van der Waals surface area contributed by atoms with E-state index in [0.717, 1.165) is 25.1 Å². The normalized spacial score (nSPS) is 20.4. The maximum Gasteiger partial charge on any atom is 0.408 e. The molecule has 2 N–H and O–H groups in total. The second-order valence-electron chi connectivity index (χ2n) is 7.78. The fourth-order valence-corrected chi connectivity index (χ4v) is 3.33. The predicted molar refractivity (Wildman–Crippen MR) is 95.0 cm³/mol. The number of carbonyl (C=O) groups excluding carboxylic acids is 2. The van der Waals surface area contributed by atoms with Crippen LogP contribution in [0.2, 0.25) is 0 Å². The largest absolute Gasteiger partial charge is 0.444 e. The van der Waals surface area contributed by atoms with Gasteiger partial charge in [0.1, 0.15) is 11.6 Å². The highest BCUT2D eigenvalue weighted by Crippen LogP contribution is 2.20. The molecule has 1 aromatic carbocycles. The first-order chi connectivity index (χ1) is 11.8. The quantitative estimate of drug-likeness (QED) is 0.879. The van der Waals surface area contributed by atoms with Crippen LogP contribution in [0.3, 0.4) is 0 Å². The lowest BCUT2D eigenvalue weighted by molar-refractivity contribution is -0.129. The van der Waals surface area contributed by atoms with Crippen molar-refractivity contribution in [3.63, 3.8) is 0 Å². The topological polar surface area (TPSA) is 70.7 Å². The minimum absolute atomic E-state index is 0.0401. The molecule has 6 nitrogen and oxygen atoms in total. The van der Waals surface area contributed by atoms with Crippen LogP contribution in [0.5, 0.6) is 0 Å². The van der Waals surface area contributed by atoms with Crippen molar-refractivity contribution >= 4 is 12.0 Å². The fraction of sp³-hybridized carbons (Fsp3) is 0.579. The van der Waals surface area contributed by atoms with Crippen LogP contribution < -0.4 is 10.6 Å². The van der Waals surface area contributed by atoms with Gasteiger partial charge in [-0.05, 0) is 56.8 Å². The molecule has 1 saturated heterocycles. The molecule has 3 rings (SSSR count). The Labute approximate surface area is 148 Å². The summed E-state index contributed by atoms with van der Waals surface area (Å²) in [6.07, 6.45) is 1.14. The lowest BCUT2D eigenvalue weighted by Gasteiger charge is -2.22. The second-order valence-corrected chi connectivity index (χ2v) is 7.78. The molecule has 0 aliphatic carbocycles. The average Bonchev–Trinajstić information content (AvgIpc) is 2.86. The molecule has 2 heterocycles. The summed E-state index contributed by atoms with van der Waals surface area (Å²) in [6.45, 7) is 8.56. The lowest BCUT2D eigenvalue weighted by atomic mass is 9.98. The molecule has 2 aliphatic rings. The molecule has 2 aliphatic heterocycles. The van der Waals surface area contributed by atoms with Gasteiger partial charge in [0.25, 0.3) is 0 Å². The summed E-state index contributed by atoms with van der Waals surface area (Å²) in [5.74, 6) is -0.0401. The number of hydrogen-bond donors (Lipinski definition) is 2. The number of amides is 2. The van der Waals surface area contributed by atoms with E-state index in [2.05, 4.69) is 28.8 Å². The first kappa shape index (κ1) is 17.7. The third kappa shape index (κ3) is 4.51. The fourth-order valence-electron chi connectivity index (χ4n) is 3.33. The first-order valence-electron chi connectivity index (χ1n) is 8.91. The highest BCUT2D eigenvalue weighted by Gasteiger charge is 2.33. The summed E-state index contributed by atoms with van der Waals surface area (Å²) >= 11 is 0. The Morgan fingerprint density at radius 3 is 2.92 bits per heavy atom. The molecule has 136 valence electrons. The van der Waals surface area contributed by atoms with Crippen LogP contribution in [0.1, 0.15) is 43.9 Å². The monoisotopic (exact) mass is 345 g/mol. The van der Waals surface area contributed by atoms with Crippen LogP contribution in [0.4, 0.5) is 4.79 Å². The maximum absolute atomic E-state index is 12.5. The number of rotatable bonds is 3. The highest BCUT2D eigenvalue weighted by molar-refractivity contribution is 5.87. The summed E-state index contributed by atoms with van der Waals surface area (Å²) in [5.41, 5.74) is 3.27. The number of alkyl carbamates (subject to hydrolysis) is 1. The molecule has 25 heavy (non-hydrogen) atoms. The average molecular weight is 345 g/mol.